The van der Waals surface area contributed by atoms with Gasteiger partial charge >= 0.3 is 0 Å². The topological polar surface area (TPSA) is 128 Å². The number of hydrogen-bond acceptors (Lipinski definition) is 8. The van der Waals surface area contributed by atoms with E-state index in [9.17, 15) is 10.2 Å². The molecule has 2 heterocycles. The van der Waals surface area contributed by atoms with Crippen molar-refractivity contribution < 1.29 is 10.2 Å². The zero-order valence-corrected chi connectivity index (χ0v) is 40.6. The Morgan fingerprint density at radius 2 is 1.17 bits per heavy atom. The van der Waals surface area contributed by atoms with Gasteiger partial charge in [-0.25, -0.2) is 4.68 Å². The van der Waals surface area contributed by atoms with Crippen molar-refractivity contribution in [1.29, 1.82) is 0 Å². The molecule has 4 aliphatic rings. The second-order valence-corrected chi connectivity index (χ2v) is 22.2. The number of aromatic nitrogens is 8. The molecule has 10 nitrogen and oxygen atoms in total. The van der Waals surface area contributed by atoms with Gasteiger partial charge in [-0.05, 0) is 167 Å². The van der Waals surface area contributed by atoms with Crippen molar-refractivity contribution in [2.24, 2.45) is 46.3 Å². The van der Waals surface area contributed by atoms with Gasteiger partial charge in [0.25, 0.3) is 0 Å². The lowest BCUT2D eigenvalue weighted by atomic mass is 9.60. The number of tetrazole rings is 2. The monoisotopic (exact) mass is 873 g/mol. The molecule has 0 radical (unpaired) electrons. The van der Waals surface area contributed by atoms with Gasteiger partial charge in [-0.2, -0.15) is 4.80 Å². The van der Waals surface area contributed by atoms with Gasteiger partial charge in [-0.15, -0.1) is 15.3 Å². The van der Waals surface area contributed by atoms with Crippen LogP contribution in [0.3, 0.4) is 0 Å². The van der Waals surface area contributed by atoms with Crippen LogP contribution < -0.4 is 0 Å². The lowest BCUT2D eigenvalue weighted by molar-refractivity contribution is 0.0589. The summed E-state index contributed by atoms with van der Waals surface area (Å²) in [6.07, 6.45) is 24.2. The third-order valence-corrected chi connectivity index (χ3v) is 16.4. The third kappa shape index (κ3) is 11.7. The molecule has 348 valence electrons. The summed E-state index contributed by atoms with van der Waals surface area (Å²) in [5.74, 6) is 5.92. The van der Waals surface area contributed by atoms with E-state index in [1.165, 1.54) is 77.0 Å². The van der Waals surface area contributed by atoms with E-state index in [-0.39, 0.29) is 0 Å². The molecular formula is C54H80N8O2. The first kappa shape index (κ1) is 47.9. The zero-order chi connectivity index (χ0) is 45.5. The van der Waals surface area contributed by atoms with Crippen molar-refractivity contribution in [3.05, 3.63) is 84.0 Å². The fraction of sp³-hybridized carbons (Fsp3) is 0.667. The zero-order valence-electron chi connectivity index (χ0n) is 40.6. The number of fused-ring (bicyclic) bond motifs is 2. The number of aliphatic hydroxyl groups is 2. The van der Waals surface area contributed by atoms with Crippen LogP contribution in [0.15, 0.2) is 84.0 Å². The van der Waals surface area contributed by atoms with Gasteiger partial charge in [0.05, 0.1) is 24.3 Å². The minimum atomic E-state index is -0.544. The molecule has 8 rings (SSSR count). The molecule has 0 aliphatic heterocycles. The van der Waals surface area contributed by atoms with Gasteiger partial charge in [0.1, 0.15) is 0 Å². The summed E-state index contributed by atoms with van der Waals surface area (Å²) in [5, 5.41) is 45.7. The highest BCUT2D eigenvalue weighted by atomic mass is 16.3. The van der Waals surface area contributed by atoms with Crippen LogP contribution in [0.4, 0.5) is 0 Å². The normalized spacial score (nSPS) is 28.1. The molecule has 64 heavy (non-hydrogen) atoms. The summed E-state index contributed by atoms with van der Waals surface area (Å²) >= 11 is 0. The van der Waals surface area contributed by atoms with E-state index in [0.717, 1.165) is 72.9 Å². The first-order chi connectivity index (χ1) is 30.5. The van der Waals surface area contributed by atoms with Gasteiger partial charge in [-0.1, -0.05) is 137 Å². The van der Waals surface area contributed by atoms with Crippen LogP contribution in [0.25, 0.3) is 22.8 Å². The van der Waals surface area contributed by atoms with Crippen molar-refractivity contribution in [1.82, 2.24) is 40.4 Å². The summed E-state index contributed by atoms with van der Waals surface area (Å²) in [5.41, 5.74) is 5.03. The van der Waals surface area contributed by atoms with Crippen LogP contribution in [0.2, 0.25) is 0 Å². The second-order valence-electron chi connectivity index (χ2n) is 22.2. The molecule has 2 N–H and O–H groups in total. The Morgan fingerprint density at radius 1 is 0.672 bits per heavy atom. The molecule has 8 atom stereocenters. The molecule has 0 saturated heterocycles. The predicted molar refractivity (Wildman–Crippen MR) is 258 cm³/mol. The maximum absolute atomic E-state index is 10.1. The minimum Gasteiger partial charge on any atom is -0.390 e. The van der Waals surface area contributed by atoms with E-state index in [0.29, 0.717) is 35.0 Å². The molecule has 2 aromatic heterocycles. The van der Waals surface area contributed by atoms with E-state index in [4.69, 9.17) is 0 Å². The van der Waals surface area contributed by atoms with Crippen LogP contribution in [-0.4, -0.2) is 61.8 Å². The first-order valence-corrected chi connectivity index (χ1v) is 25.0. The number of nitrogens with zero attached hydrogens (tertiary/aromatic N) is 8. The Kier molecular flexibility index (Phi) is 15.5. The fourth-order valence-electron chi connectivity index (χ4n) is 13.2. The Balaban J connectivity index is 0.000000191. The molecular weight excluding hydrogens is 793 g/mol. The van der Waals surface area contributed by atoms with E-state index in [1.54, 1.807) is 15.9 Å². The minimum absolute atomic E-state index is 0.404. The molecule has 0 amide bonds. The molecule has 4 aliphatic carbocycles. The lowest BCUT2D eigenvalue weighted by Gasteiger charge is -2.44. The molecule has 0 bridgehead atoms. The largest absolute Gasteiger partial charge is 0.390 e. The quantitative estimate of drug-likeness (QED) is 0.107. The number of rotatable bonds is 16. The van der Waals surface area contributed by atoms with Crippen LogP contribution in [-0.2, 0) is 13.1 Å². The van der Waals surface area contributed by atoms with E-state index in [2.05, 4.69) is 82.9 Å². The van der Waals surface area contributed by atoms with Crippen molar-refractivity contribution in [2.75, 3.05) is 0 Å². The summed E-state index contributed by atoms with van der Waals surface area (Å²) in [6, 6.07) is 20.3. The highest BCUT2D eigenvalue weighted by Crippen LogP contribution is 2.61. The van der Waals surface area contributed by atoms with E-state index >= 15 is 0 Å². The van der Waals surface area contributed by atoms with E-state index < -0.39 is 11.2 Å². The summed E-state index contributed by atoms with van der Waals surface area (Å²) in [6.45, 7) is 19.2. The van der Waals surface area contributed by atoms with Crippen LogP contribution in [0.5, 0.6) is 0 Å². The molecule has 10 heteroatoms. The molecule has 0 spiro atoms. The maximum Gasteiger partial charge on any atom is 0.204 e. The van der Waals surface area contributed by atoms with Gasteiger partial charge in [-0.3, -0.25) is 0 Å². The van der Waals surface area contributed by atoms with Gasteiger partial charge in [0.15, 0.2) is 5.82 Å². The SMILES string of the molecule is C[C@H](CCCC(C)(C)O)[C@H]1CC[C@H]2/C(=C/Cn3nnc(-c4ccccc4)n3)CCC[C@]12C.C[C@H](CCCC(C)(C)O)[C@H]1CC[C@H]2/C(=C/Cn3nnnc3-c3ccccc3)CCC[C@]12C. The van der Waals surface area contributed by atoms with Crippen LogP contribution in [0, 0.1) is 46.3 Å². The van der Waals surface area contributed by atoms with Crippen molar-refractivity contribution in [2.45, 2.75) is 182 Å². The summed E-state index contributed by atoms with van der Waals surface area (Å²) in [4.78, 5) is 1.73. The molecule has 2 aromatic carbocycles. The Hall–Kier alpha value is -4.02. The second kappa shape index (κ2) is 20.7. The van der Waals surface area contributed by atoms with E-state index in [1.807, 2.05) is 80.9 Å². The van der Waals surface area contributed by atoms with Crippen molar-refractivity contribution >= 4 is 0 Å². The maximum atomic E-state index is 10.1. The lowest BCUT2D eigenvalue weighted by Crippen LogP contribution is -2.36. The highest BCUT2D eigenvalue weighted by molar-refractivity contribution is 5.54. The fourth-order valence-corrected chi connectivity index (χ4v) is 13.2. The number of hydrogen-bond donors (Lipinski definition) is 2. The Labute approximate surface area is 384 Å². The average Bonchev–Trinajstić information content (AvgIpc) is 4.07. The van der Waals surface area contributed by atoms with Crippen molar-refractivity contribution in [3.8, 4) is 22.8 Å². The first-order valence-electron chi connectivity index (χ1n) is 25.0. The molecule has 4 saturated carbocycles. The Morgan fingerprint density at radius 3 is 1.69 bits per heavy atom. The average molecular weight is 873 g/mol. The van der Waals surface area contributed by atoms with Crippen molar-refractivity contribution in [3.63, 3.8) is 0 Å². The Bertz CT molecular complexity index is 2130. The molecule has 4 fully saturated rings. The third-order valence-electron chi connectivity index (χ3n) is 16.4. The summed E-state index contributed by atoms with van der Waals surface area (Å²) in [7, 11) is 0. The van der Waals surface area contributed by atoms with Gasteiger partial charge in [0.2, 0.25) is 5.82 Å². The predicted octanol–water partition coefficient (Wildman–Crippen LogP) is 12.1. The molecule has 0 unspecified atom stereocenters. The standard InChI is InChI=1S/2C27H40N4O/c1-20(10-8-17-26(2,3)32)23-14-15-24-21(13-9-18-27(23,24)4)16-19-31-25(28-29-30-31)22-11-6-5-7-12-22;1-20(10-8-17-26(2,3)32)23-14-15-24-21(13-9-18-27(23,24)4)16-19-31-29-25(28-30-31)22-11-6-5-7-12-22/h2*5-7,11-12,16,20,23-24,32H,8-10,13-15,17-19H2,1-4H3/b2*21-16+/t2*20-,23-,24+,27-/m11/s1. The smallest absolute Gasteiger partial charge is 0.204 e. The highest BCUT2D eigenvalue weighted by Gasteiger charge is 2.51. The van der Waals surface area contributed by atoms with Crippen LogP contribution >= 0.6 is 0 Å². The van der Waals surface area contributed by atoms with Gasteiger partial charge < -0.3 is 10.2 Å². The van der Waals surface area contributed by atoms with Gasteiger partial charge in [0, 0.05) is 11.1 Å². The number of benzene rings is 2. The summed E-state index contributed by atoms with van der Waals surface area (Å²) < 4.78 is 1.93. The molecule has 4 aromatic rings. The van der Waals surface area contributed by atoms with Crippen LogP contribution in [0.1, 0.15) is 158 Å². The number of allylic oxidation sites excluding steroid dienone is 4.